The molecule has 0 atom stereocenters. The molecule has 1 N–H and O–H groups in total. The molecule has 1 fully saturated rings. The van der Waals surface area contributed by atoms with Gasteiger partial charge in [-0.3, -0.25) is 9.69 Å². The topological polar surface area (TPSA) is 69.8 Å². The molecule has 1 amide bonds. The molecule has 1 saturated heterocycles. The van der Waals surface area contributed by atoms with Gasteiger partial charge in [-0.15, -0.1) is 0 Å². The molecule has 0 aliphatic carbocycles. The number of hydrogen-bond donors (Lipinski definition) is 1. The highest BCUT2D eigenvalue weighted by atomic mass is 16.5. The van der Waals surface area contributed by atoms with Crippen LogP contribution in [-0.4, -0.2) is 65.3 Å². The van der Waals surface area contributed by atoms with E-state index >= 15 is 0 Å². The van der Waals surface area contributed by atoms with Crippen molar-refractivity contribution in [3.05, 3.63) is 17.0 Å². The van der Waals surface area contributed by atoms with Gasteiger partial charge in [0.2, 0.25) is 5.91 Å². The lowest BCUT2D eigenvalue weighted by molar-refractivity contribution is -0.132. The van der Waals surface area contributed by atoms with Gasteiger partial charge >= 0.3 is 0 Å². The molecule has 0 aromatic carbocycles. The quantitative estimate of drug-likeness (QED) is 0.844. The Morgan fingerprint density at radius 3 is 2.55 bits per heavy atom. The van der Waals surface area contributed by atoms with E-state index in [0.29, 0.717) is 19.4 Å². The minimum Gasteiger partial charge on any atom is -0.395 e. The second-order valence-electron chi connectivity index (χ2n) is 5.25. The Morgan fingerprint density at radius 2 is 2.00 bits per heavy atom. The molecule has 0 saturated carbocycles. The van der Waals surface area contributed by atoms with Crippen LogP contribution in [0.5, 0.6) is 0 Å². The number of β-amino-alcohol motifs (C(OH)–C–C–N with tert-alkyl or cyclic N) is 1. The van der Waals surface area contributed by atoms with Crippen LogP contribution in [0.2, 0.25) is 0 Å². The third-order valence-electron chi connectivity index (χ3n) is 3.91. The molecule has 1 aliphatic heterocycles. The molecule has 6 heteroatoms. The summed E-state index contributed by atoms with van der Waals surface area (Å²) in [4.78, 5) is 16.3. The number of carbonyl (C=O) groups is 1. The van der Waals surface area contributed by atoms with Crippen LogP contribution in [0, 0.1) is 13.8 Å². The van der Waals surface area contributed by atoms with Crippen molar-refractivity contribution in [1.82, 2.24) is 15.0 Å². The second kappa shape index (κ2) is 6.85. The number of aliphatic hydroxyl groups is 1. The van der Waals surface area contributed by atoms with Crippen LogP contribution in [0.25, 0.3) is 0 Å². The van der Waals surface area contributed by atoms with Crippen molar-refractivity contribution in [3.63, 3.8) is 0 Å². The van der Waals surface area contributed by atoms with Gasteiger partial charge in [-0.25, -0.2) is 0 Å². The molecule has 0 unspecified atom stereocenters. The number of aliphatic hydroxyl groups excluding tert-OH is 1. The number of piperazine rings is 1. The summed E-state index contributed by atoms with van der Waals surface area (Å²) in [5.41, 5.74) is 1.93. The summed E-state index contributed by atoms with van der Waals surface area (Å²) in [6, 6.07) is 0. The van der Waals surface area contributed by atoms with E-state index in [2.05, 4.69) is 10.1 Å². The van der Waals surface area contributed by atoms with E-state index in [4.69, 9.17) is 9.63 Å². The van der Waals surface area contributed by atoms with Crippen LogP contribution >= 0.6 is 0 Å². The Hall–Kier alpha value is -1.40. The molecule has 0 radical (unpaired) electrons. The minimum absolute atomic E-state index is 0.181. The summed E-state index contributed by atoms with van der Waals surface area (Å²) >= 11 is 0. The zero-order valence-electron chi connectivity index (χ0n) is 12.3. The lowest BCUT2D eigenvalue weighted by Gasteiger charge is -2.34. The van der Waals surface area contributed by atoms with Crippen LogP contribution in [0.3, 0.4) is 0 Å². The van der Waals surface area contributed by atoms with Crippen molar-refractivity contribution in [3.8, 4) is 0 Å². The second-order valence-corrected chi connectivity index (χ2v) is 5.25. The van der Waals surface area contributed by atoms with Crippen LogP contribution in [0.4, 0.5) is 0 Å². The number of aromatic nitrogens is 1. The maximum Gasteiger partial charge on any atom is 0.222 e. The summed E-state index contributed by atoms with van der Waals surface area (Å²) < 4.78 is 5.11. The zero-order valence-corrected chi connectivity index (χ0v) is 12.3. The molecule has 1 aromatic heterocycles. The van der Waals surface area contributed by atoms with Crippen molar-refractivity contribution in [2.45, 2.75) is 26.7 Å². The molecule has 0 bridgehead atoms. The first-order valence-electron chi connectivity index (χ1n) is 7.14. The third-order valence-corrected chi connectivity index (χ3v) is 3.91. The van der Waals surface area contributed by atoms with Gasteiger partial charge in [0, 0.05) is 44.7 Å². The van der Waals surface area contributed by atoms with Crippen molar-refractivity contribution in [1.29, 1.82) is 0 Å². The molecule has 6 nitrogen and oxygen atoms in total. The average molecular weight is 281 g/mol. The lowest BCUT2D eigenvalue weighted by atomic mass is 10.1. The fourth-order valence-electron chi connectivity index (χ4n) is 2.61. The summed E-state index contributed by atoms with van der Waals surface area (Å²) in [6.45, 7) is 7.86. The van der Waals surface area contributed by atoms with E-state index in [-0.39, 0.29) is 12.5 Å². The van der Waals surface area contributed by atoms with E-state index in [9.17, 15) is 4.79 Å². The van der Waals surface area contributed by atoms with Crippen LogP contribution in [-0.2, 0) is 11.2 Å². The molecular formula is C14H23N3O3. The maximum absolute atomic E-state index is 12.2. The number of aryl methyl sites for hydroxylation is 2. The molecule has 112 valence electrons. The zero-order chi connectivity index (χ0) is 14.5. The predicted octanol–water partition coefficient (Wildman–Crippen LogP) is 0.361. The van der Waals surface area contributed by atoms with Gasteiger partial charge in [0.15, 0.2) is 0 Å². The molecular weight excluding hydrogens is 258 g/mol. The fraction of sp³-hybridized carbons (Fsp3) is 0.714. The number of carbonyl (C=O) groups excluding carboxylic acids is 1. The van der Waals surface area contributed by atoms with E-state index in [0.717, 1.165) is 43.2 Å². The first kappa shape index (κ1) is 15.0. The SMILES string of the molecule is Cc1noc(C)c1CCC(=O)N1CCN(CCO)CC1. The fourth-order valence-corrected chi connectivity index (χ4v) is 2.61. The lowest BCUT2D eigenvalue weighted by Crippen LogP contribution is -2.49. The maximum atomic E-state index is 12.2. The van der Waals surface area contributed by atoms with Gasteiger partial charge in [-0.2, -0.15) is 0 Å². The van der Waals surface area contributed by atoms with Gasteiger partial charge in [0.25, 0.3) is 0 Å². The van der Waals surface area contributed by atoms with Gasteiger partial charge in [-0.1, -0.05) is 5.16 Å². The first-order chi connectivity index (χ1) is 9.61. The Morgan fingerprint density at radius 1 is 1.30 bits per heavy atom. The van der Waals surface area contributed by atoms with E-state index in [1.807, 2.05) is 18.7 Å². The average Bonchev–Trinajstić information content (AvgIpc) is 2.77. The largest absolute Gasteiger partial charge is 0.395 e. The number of amides is 1. The van der Waals surface area contributed by atoms with Gasteiger partial charge < -0.3 is 14.5 Å². The van der Waals surface area contributed by atoms with Crippen molar-refractivity contribution >= 4 is 5.91 Å². The Balaban J connectivity index is 1.79. The highest BCUT2D eigenvalue weighted by molar-refractivity contribution is 5.76. The summed E-state index contributed by atoms with van der Waals surface area (Å²) in [7, 11) is 0. The molecule has 1 aliphatic rings. The van der Waals surface area contributed by atoms with Crippen molar-refractivity contribution in [2.24, 2.45) is 0 Å². The van der Waals surface area contributed by atoms with Crippen LogP contribution in [0.15, 0.2) is 4.52 Å². The Labute approximate surface area is 119 Å². The van der Waals surface area contributed by atoms with Gasteiger partial charge in [0.1, 0.15) is 5.76 Å². The Bertz CT molecular complexity index is 431. The van der Waals surface area contributed by atoms with Crippen LogP contribution < -0.4 is 0 Å². The third kappa shape index (κ3) is 3.58. The van der Waals surface area contributed by atoms with Gasteiger partial charge in [0.05, 0.1) is 12.3 Å². The molecule has 0 spiro atoms. The summed E-state index contributed by atoms with van der Waals surface area (Å²) in [5, 5.41) is 12.8. The normalized spacial score (nSPS) is 16.6. The smallest absolute Gasteiger partial charge is 0.222 e. The molecule has 1 aromatic rings. The van der Waals surface area contributed by atoms with Crippen molar-refractivity contribution < 1.29 is 14.4 Å². The predicted molar refractivity (Wildman–Crippen MR) is 74.4 cm³/mol. The molecule has 2 rings (SSSR count). The number of rotatable bonds is 5. The molecule has 2 heterocycles. The monoisotopic (exact) mass is 281 g/mol. The summed E-state index contributed by atoms with van der Waals surface area (Å²) in [6.07, 6.45) is 1.19. The summed E-state index contributed by atoms with van der Waals surface area (Å²) in [5.74, 6) is 0.997. The molecule has 20 heavy (non-hydrogen) atoms. The number of hydrogen-bond acceptors (Lipinski definition) is 5. The van der Waals surface area contributed by atoms with E-state index in [1.54, 1.807) is 0 Å². The van der Waals surface area contributed by atoms with E-state index < -0.39 is 0 Å². The number of nitrogens with zero attached hydrogens (tertiary/aromatic N) is 3. The van der Waals surface area contributed by atoms with Crippen molar-refractivity contribution in [2.75, 3.05) is 39.3 Å². The van der Waals surface area contributed by atoms with E-state index in [1.165, 1.54) is 0 Å². The highest BCUT2D eigenvalue weighted by Crippen LogP contribution is 2.15. The minimum atomic E-state index is 0.181. The standard InChI is InChI=1S/C14H23N3O3/c1-11-13(12(2)20-15-11)3-4-14(19)17-7-5-16(6-8-17)9-10-18/h18H,3-10H2,1-2H3. The highest BCUT2D eigenvalue weighted by Gasteiger charge is 2.21. The van der Waals surface area contributed by atoms with Crippen LogP contribution in [0.1, 0.15) is 23.4 Å². The van der Waals surface area contributed by atoms with Gasteiger partial charge in [-0.05, 0) is 20.3 Å². The first-order valence-corrected chi connectivity index (χ1v) is 7.14. The Kier molecular flexibility index (Phi) is 5.14.